The standard InChI is InChI=1S/C22H16N6O2.2C4H2F3NO2/c1-29-13-8-12(10-23)18(17(9-13)30-2)22-27-19-14-5-7-24-11-16(14)26-21-15(20(19)28-22)4-3-6-25-21;2*5-1-2(4(9)10)8(7)3(1)6/h3-9,11H,1-2H3,(H,25,26)(H,27,28);2*3H,(H,9,10). The summed E-state index contributed by atoms with van der Waals surface area (Å²) in [6.07, 6.45) is 0.124. The third kappa shape index (κ3) is 6.02. The molecule has 2 unspecified atom stereocenters. The van der Waals surface area contributed by atoms with Gasteiger partial charge in [-0.25, -0.2) is 37.1 Å². The Morgan fingerprint density at radius 3 is 2.12 bits per heavy atom. The minimum Gasteiger partial charge on any atom is -0.497 e. The SMILES string of the molecule is COc1cc(C#N)c(-c2nc3c([nH]2)-c2ccncc2Nc2ncccc2-3)c(OC)c1.O=C(O)C1=C(F)C(F)N1F.O=C(O)C1=C(F)C(F)N1F. The number of aromatic amines is 1. The molecule has 20 heteroatoms. The first-order valence-corrected chi connectivity index (χ1v) is 13.7. The largest absolute Gasteiger partial charge is 0.497 e. The Labute approximate surface area is 276 Å². The number of hydrogen-bond acceptors (Lipinski definition) is 11. The number of rotatable bonds is 5. The normalized spacial score (nSPS) is 16.6. The van der Waals surface area contributed by atoms with Gasteiger partial charge in [0.25, 0.3) is 12.6 Å². The molecule has 1 aromatic carbocycles. The molecule has 7 rings (SSSR count). The van der Waals surface area contributed by atoms with E-state index in [9.17, 15) is 41.4 Å². The number of nitriles is 1. The Balaban J connectivity index is 0.000000198. The van der Waals surface area contributed by atoms with Gasteiger partial charge in [0, 0.05) is 29.6 Å². The Morgan fingerprint density at radius 1 is 0.960 bits per heavy atom. The van der Waals surface area contributed by atoms with E-state index in [1.165, 1.54) is 0 Å². The predicted octanol–water partition coefficient (Wildman–Crippen LogP) is 5.64. The Hall–Kier alpha value is -6.78. The number of nitrogens with one attached hydrogen (secondary N) is 2. The summed E-state index contributed by atoms with van der Waals surface area (Å²) in [5.74, 6) is -4.53. The molecule has 0 aliphatic carbocycles. The fraction of sp³-hybridized carbons (Fsp3) is 0.133. The molecule has 3 aromatic heterocycles. The number of halogens is 6. The second-order valence-corrected chi connectivity index (χ2v) is 9.92. The van der Waals surface area contributed by atoms with Crippen LogP contribution in [0.5, 0.6) is 11.5 Å². The molecule has 0 radical (unpaired) electrons. The molecule has 258 valence electrons. The van der Waals surface area contributed by atoms with Crippen LogP contribution in [-0.2, 0) is 9.59 Å². The summed E-state index contributed by atoms with van der Waals surface area (Å²) in [6, 6.07) is 11.3. The van der Waals surface area contributed by atoms with Gasteiger partial charge in [0.2, 0.25) is 0 Å². The molecule has 0 spiro atoms. The van der Waals surface area contributed by atoms with Gasteiger partial charge in [-0.05, 0) is 24.3 Å². The molecule has 0 bridgehead atoms. The van der Waals surface area contributed by atoms with Crippen molar-refractivity contribution in [3.8, 4) is 51.5 Å². The molecule has 0 amide bonds. The van der Waals surface area contributed by atoms with E-state index < -0.39 is 57.8 Å². The van der Waals surface area contributed by atoms with Crippen LogP contribution in [0.15, 0.2) is 72.0 Å². The van der Waals surface area contributed by atoms with Crippen molar-refractivity contribution in [3.05, 3.63) is 77.5 Å². The van der Waals surface area contributed by atoms with Crippen LogP contribution in [0.25, 0.3) is 33.9 Å². The zero-order chi connectivity index (χ0) is 36.4. The molecular formula is C30H20F6N8O6. The zero-order valence-electron chi connectivity index (χ0n) is 25.3. The molecule has 6 heterocycles. The fourth-order valence-corrected chi connectivity index (χ4v) is 4.73. The van der Waals surface area contributed by atoms with Crippen LogP contribution in [0, 0.1) is 11.3 Å². The van der Waals surface area contributed by atoms with Gasteiger partial charge in [0.05, 0.1) is 42.9 Å². The topological polar surface area (TPSA) is 190 Å². The number of carbonyl (C=O) groups is 2. The lowest BCUT2D eigenvalue weighted by Crippen LogP contribution is -2.39. The number of carboxylic acids is 2. The number of aliphatic carboxylic acids is 2. The molecular weight excluding hydrogens is 682 g/mol. The first-order valence-electron chi connectivity index (χ1n) is 13.7. The quantitative estimate of drug-likeness (QED) is 0.100. The van der Waals surface area contributed by atoms with Gasteiger partial charge in [0.1, 0.15) is 34.9 Å². The molecule has 2 atom stereocenters. The first kappa shape index (κ1) is 34.6. The Morgan fingerprint density at radius 2 is 1.60 bits per heavy atom. The summed E-state index contributed by atoms with van der Waals surface area (Å²) in [5.41, 5.74) is 2.56. The number of nitrogens with zero attached hydrogens (tertiary/aromatic N) is 6. The maximum atomic E-state index is 11.9. The van der Waals surface area contributed by atoms with Crippen LogP contribution >= 0.6 is 0 Å². The smallest absolute Gasteiger partial charge is 0.357 e. The van der Waals surface area contributed by atoms with Crippen LogP contribution in [0.2, 0.25) is 0 Å². The summed E-state index contributed by atoms with van der Waals surface area (Å²) in [7, 11) is 3.10. The third-order valence-electron chi connectivity index (χ3n) is 7.10. The molecule has 14 nitrogen and oxygen atoms in total. The average molecular weight is 703 g/mol. The van der Waals surface area contributed by atoms with Gasteiger partial charge in [-0.1, -0.05) is 8.96 Å². The van der Waals surface area contributed by atoms with E-state index >= 15 is 0 Å². The van der Waals surface area contributed by atoms with Gasteiger partial charge in [-0.3, -0.25) is 4.98 Å². The van der Waals surface area contributed by atoms with E-state index in [1.807, 2.05) is 18.2 Å². The van der Waals surface area contributed by atoms with Crippen molar-refractivity contribution >= 4 is 23.4 Å². The van der Waals surface area contributed by atoms with Crippen LogP contribution in [0.1, 0.15) is 5.56 Å². The number of methoxy groups -OCH3 is 2. The second kappa shape index (κ2) is 13.8. The number of hydrogen-bond donors (Lipinski definition) is 4. The highest BCUT2D eigenvalue weighted by Gasteiger charge is 2.45. The van der Waals surface area contributed by atoms with Crippen molar-refractivity contribution in [3.63, 3.8) is 0 Å². The van der Waals surface area contributed by atoms with Crippen molar-refractivity contribution < 1.29 is 55.8 Å². The number of ether oxygens (including phenoxy) is 2. The van der Waals surface area contributed by atoms with Crippen LogP contribution in [-0.4, -0.2) is 79.1 Å². The van der Waals surface area contributed by atoms with E-state index in [-0.39, 0.29) is 0 Å². The second-order valence-electron chi connectivity index (χ2n) is 9.92. The number of carboxylic acid groups (broad SMARTS) is 2. The molecule has 4 N–H and O–H groups in total. The number of pyridine rings is 2. The van der Waals surface area contributed by atoms with Crippen molar-refractivity contribution in [2.24, 2.45) is 0 Å². The van der Waals surface area contributed by atoms with Gasteiger partial charge < -0.3 is 30.0 Å². The maximum Gasteiger partial charge on any atom is 0.357 e. The van der Waals surface area contributed by atoms with Crippen molar-refractivity contribution in [1.29, 1.82) is 5.26 Å². The van der Waals surface area contributed by atoms with Gasteiger partial charge in [-0.15, -0.1) is 0 Å². The summed E-state index contributed by atoms with van der Waals surface area (Å²) >= 11 is 0. The van der Waals surface area contributed by atoms with Crippen molar-refractivity contribution in [2.75, 3.05) is 19.5 Å². The van der Waals surface area contributed by atoms with E-state index in [2.05, 4.69) is 26.3 Å². The number of anilines is 2. The summed E-state index contributed by atoms with van der Waals surface area (Å²) in [5, 5.41) is 27.4. The number of benzene rings is 1. The third-order valence-corrected chi connectivity index (χ3v) is 7.10. The van der Waals surface area contributed by atoms with Gasteiger partial charge >= 0.3 is 11.9 Å². The lowest BCUT2D eigenvalue weighted by molar-refractivity contribution is -0.148. The average Bonchev–Trinajstić information content (AvgIpc) is 3.50. The molecule has 0 saturated heterocycles. The highest BCUT2D eigenvalue weighted by Crippen LogP contribution is 2.45. The lowest BCUT2D eigenvalue weighted by Gasteiger charge is -2.26. The van der Waals surface area contributed by atoms with Gasteiger partial charge in [0.15, 0.2) is 23.0 Å². The molecule has 50 heavy (non-hydrogen) atoms. The molecule has 0 fully saturated rings. The predicted molar refractivity (Wildman–Crippen MR) is 159 cm³/mol. The minimum atomic E-state index is -2.54. The molecule has 0 saturated carbocycles. The van der Waals surface area contributed by atoms with E-state index in [4.69, 9.17) is 24.7 Å². The number of H-pyrrole nitrogens is 1. The Kier molecular flexibility index (Phi) is 9.50. The van der Waals surface area contributed by atoms with E-state index in [1.54, 1.807) is 44.9 Å². The number of alkyl halides is 2. The van der Waals surface area contributed by atoms with Gasteiger partial charge in [-0.2, -0.15) is 15.5 Å². The maximum absolute atomic E-state index is 11.9. The number of aromatic nitrogens is 4. The van der Waals surface area contributed by atoms with Crippen LogP contribution < -0.4 is 14.8 Å². The van der Waals surface area contributed by atoms with E-state index in [0.29, 0.717) is 34.3 Å². The zero-order valence-corrected chi connectivity index (χ0v) is 25.3. The van der Waals surface area contributed by atoms with Crippen molar-refractivity contribution in [1.82, 2.24) is 30.2 Å². The molecule has 3 aliphatic heterocycles. The molecule has 3 aliphatic rings. The number of fused-ring (bicyclic) bond motifs is 5. The van der Waals surface area contributed by atoms with Crippen LogP contribution in [0.4, 0.5) is 38.0 Å². The lowest BCUT2D eigenvalue weighted by atomic mass is 10.1. The summed E-state index contributed by atoms with van der Waals surface area (Å²) in [4.78, 5) is 36.6. The number of imidazole rings is 1. The Bertz CT molecular complexity index is 2010. The summed E-state index contributed by atoms with van der Waals surface area (Å²) < 4.78 is 81.9. The fourth-order valence-electron chi connectivity index (χ4n) is 4.73. The monoisotopic (exact) mass is 702 g/mol. The molecule has 4 aromatic rings. The highest BCUT2D eigenvalue weighted by molar-refractivity contribution is 5.95. The van der Waals surface area contributed by atoms with E-state index in [0.717, 1.165) is 28.2 Å². The van der Waals surface area contributed by atoms with Crippen LogP contribution in [0.3, 0.4) is 0 Å². The minimum absolute atomic E-state index is 0.398. The highest BCUT2D eigenvalue weighted by atomic mass is 19.2. The van der Waals surface area contributed by atoms with Crippen molar-refractivity contribution in [2.45, 2.75) is 12.6 Å². The first-order chi connectivity index (χ1) is 23.8. The summed E-state index contributed by atoms with van der Waals surface area (Å²) in [6.45, 7) is 0.